The number of rotatable bonds is 4. The Labute approximate surface area is 125 Å². The van der Waals surface area contributed by atoms with Crippen LogP contribution in [0.15, 0.2) is 30.3 Å². The topological polar surface area (TPSA) is 49.3 Å². The molecule has 2 aromatic rings. The van der Waals surface area contributed by atoms with Crippen LogP contribution in [0.1, 0.15) is 27.0 Å². The molecule has 6 heteroatoms. The first-order valence-electron chi connectivity index (χ1n) is 6.54. The summed E-state index contributed by atoms with van der Waals surface area (Å²) in [6, 6.07) is 5.82. The Morgan fingerprint density at radius 3 is 2.36 bits per heavy atom. The van der Waals surface area contributed by atoms with Crippen LogP contribution in [0.3, 0.4) is 0 Å². The highest BCUT2D eigenvalue weighted by Crippen LogP contribution is 2.15. The number of hydrogen-bond acceptors (Lipinski definition) is 2. The maximum Gasteiger partial charge on any atom is 0.251 e. The first-order chi connectivity index (χ1) is 10.4. The maximum absolute atomic E-state index is 13.5. The van der Waals surface area contributed by atoms with Crippen LogP contribution in [0, 0.1) is 24.4 Å². The number of benzene rings is 2. The normalized spacial score (nSPS) is 10.6. The van der Waals surface area contributed by atoms with Crippen molar-refractivity contribution in [2.24, 2.45) is 0 Å². The van der Waals surface area contributed by atoms with Crippen LogP contribution in [0.2, 0.25) is 0 Å². The molecule has 0 aliphatic heterocycles. The minimum absolute atomic E-state index is 0.214. The lowest BCUT2D eigenvalue weighted by atomic mass is 10.1. The van der Waals surface area contributed by atoms with E-state index in [1.807, 2.05) is 0 Å². The second-order valence-electron chi connectivity index (χ2n) is 4.83. The van der Waals surface area contributed by atoms with Crippen molar-refractivity contribution in [2.45, 2.75) is 20.1 Å². The van der Waals surface area contributed by atoms with Crippen molar-refractivity contribution in [3.05, 3.63) is 70.0 Å². The van der Waals surface area contributed by atoms with E-state index >= 15 is 0 Å². The first kappa shape index (κ1) is 16.0. The number of aryl methyl sites for hydroxylation is 1. The molecule has 0 unspecified atom stereocenters. The average Bonchev–Trinajstić information content (AvgIpc) is 2.46. The van der Waals surface area contributed by atoms with E-state index < -0.39 is 35.5 Å². The van der Waals surface area contributed by atoms with Crippen LogP contribution in [-0.4, -0.2) is 11.0 Å². The Kier molecular flexibility index (Phi) is 4.82. The third kappa shape index (κ3) is 3.46. The fraction of sp³-hybridized carbons (Fsp3) is 0.188. The number of halogens is 3. The smallest absolute Gasteiger partial charge is 0.251 e. The standard InChI is InChI=1S/C16H14F3NO2/c1-9-2-3-10(4-11(9)8-21)16(22)20-7-13-14(18)5-12(17)6-15(13)19/h2-6,21H,7-8H2,1H3,(H,20,22). The number of carbonyl (C=O) groups excluding carboxylic acids is 1. The van der Waals surface area contributed by atoms with Gasteiger partial charge in [0.15, 0.2) is 0 Å². The van der Waals surface area contributed by atoms with Crippen LogP contribution in [0.4, 0.5) is 13.2 Å². The Bertz CT molecular complexity index is 694. The lowest BCUT2D eigenvalue weighted by Gasteiger charge is -2.09. The van der Waals surface area contributed by atoms with Gasteiger partial charge in [-0.15, -0.1) is 0 Å². The highest BCUT2D eigenvalue weighted by molar-refractivity contribution is 5.94. The molecule has 0 radical (unpaired) electrons. The Morgan fingerprint density at radius 1 is 1.14 bits per heavy atom. The highest BCUT2D eigenvalue weighted by atomic mass is 19.1. The fourth-order valence-corrected chi connectivity index (χ4v) is 1.99. The summed E-state index contributed by atoms with van der Waals surface area (Å²) in [4.78, 5) is 12.0. The Balaban J connectivity index is 2.14. The molecule has 0 bridgehead atoms. The van der Waals surface area contributed by atoms with E-state index in [0.29, 0.717) is 17.7 Å². The van der Waals surface area contributed by atoms with Crippen molar-refractivity contribution >= 4 is 5.91 Å². The quantitative estimate of drug-likeness (QED) is 0.912. The van der Waals surface area contributed by atoms with Gasteiger partial charge in [0.2, 0.25) is 0 Å². The number of aliphatic hydroxyl groups is 1. The molecule has 2 aromatic carbocycles. The minimum Gasteiger partial charge on any atom is -0.392 e. The predicted octanol–water partition coefficient (Wildman–Crippen LogP) is 2.83. The zero-order valence-electron chi connectivity index (χ0n) is 11.8. The van der Waals surface area contributed by atoms with Gasteiger partial charge in [-0.2, -0.15) is 0 Å². The predicted molar refractivity (Wildman–Crippen MR) is 74.6 cm³/mol. The van der Waals surface area contributed by atoms with E-state index in [1.165, 1.54) is 6.07 Å². The zero-order chi connectivity index (χ0) is 16.3. The van der Waals surface area contributed by atoms with Crippen molar-refractivity contribution in [1.82, 2.24) is 5.32 Å². The van der Waals surface area contributed by atoms with E-state index in [-0.39, 0.29) is 12.2 Å². The van der Waals surface area contributed by atoms with Gasteiger partial charge in [0, 0.05) is 29.8 Å². The van der Waals surface area contributed by atoms with Crippen LogP contribution in [-0.2, 0) is 13.2 Å². The third-order valence-electron chi connectivity index (χ3n) is 3.31. The summed E-state index contributed by atoms with van der Waals surface area (Å²) in [7, 11) is 0. The van der Waals surface area contributed by atoms with Gasteiger partial charge < -0.3 is 10.4 Å². The second-order valence-corrected chi connectivity index (χ2v) is 4.83. The Hall–Kier alpha value is -2.34. The number of carbonyl (C=O) groups is 1. The second kappa shape index (κ2) is 6.62. The van der Waals surface area contributed by atoms with Crippen molar-refractivity contribution in [3.8, 4) is 0 Å². The van der Waals surface area contributed by atoms with Crippen LogP contribution < -0.4 is 5.32 Å². The molecule has 22 heavy (non-hydrogen) atoms. The lowest BCUT2D eigenvalue weighted by molar-refractivity contribution is 0.0950. The number of nitrogens with one attached hydrogen (secondary N) is 1. The summed E-state index contributed by atoms with van der Waals surface area (Å²) >= 11 is 0. The van der Waals surface area contributed by atoms with Gasteiger partial charge in [-0.3, -0.25) is 4.79 Å². The van der Waals surface area contributed by atoms with Crippen molar-refractivity contribution in [2.75, 3.05) is 0 Å². The van der Waals surface area contributed by atoms with Gasteiger partial charge in [0.1, 0.15) is 17.5 Å². The van der Waals surface area contributed by atoms with Crippen molar-refractivity contribution < 1.29 is 23.1 Å². The van der Waals surface area contributed by atoms with Gasteiger partial charge in [-0.05, 0) is 30.2 Å². The van der Waals surface area contributed by atoms with Crippen LogP contribution >= 0.6 is 0 Å². The number of aliphatic hydroxyl groups excluding tert-OH is 1. The number of hydrogen-bond donors (Lipinski definition) is 2. The van der Waals surface area contributed by atoms with E-state index in [4.69, 9.17) is 5.11 Å². The fourth-order valence-electron chi connectivity index (χ4n) is 1.99. The van der Waals surface area contributed by atoms with Gasteiger partial charge in [-0.25, -0.2) is 13.2 Å². The molecular formula is C16H14F3NO2. The first-order valence-corrected chi connectivity index (χ1v) is 6.54. The molecule has 0 saturated carbocycles. The minimum atomic E-state index is -1.06. The molecule has 0 aromatic heterocycles. The highest BCUT2D eigenvalue weighted by Gasteiger charge is 2.14. The summed E-state index contributed by atoms with van der Waals surface area (Å²) in [5, 5.41) is 11.5. The maximum atomic E-state index is 13.5. The third-order valence-corrected chi connectivity index (χ3v) is 3.31. The zero-order valence-corrected chi connectivity index (χ0v) is 11.8. The van der Waals surface area contributed by atoms with Crippen LogP contribution in [0.5, 0.6) is 0 Å². The van der Waals surface area contributed by atoms with Gasteiger partial charge in [-0.1, -0.05) is 6.07 Å². The SMILES string of the molecule is Cc1ccc(C(=O)NCc2c(F)cc(F)cc2F)cc1CO. The molecular weight excluding hydrogens is 295 g/mol. The summed E-state index contributed by atoms with van der Waals surface area (Å²) in [6.07, 6.45) is 0. The van der Waals surface area contributed by atoms with E-state index in [1.54, 1.807) is 19.1 Å². The summed E-state index contributed by atoms with van der Waals surface area (Å²) in [5.74, 6) is -3.68. The van der Waals surface area contributed by atoms with Crippen LogP contribution in [0.25, 0.3) is 0 Å². The van der Waals surface area contributed by atoms with Gasteiger partial charge in [0.25, 0.3) is 5.91 Å². The molecule has 0 aliphatic carbocycles. The van der Waals surface area contributed by atoms with Crippen molar-refractivity contribution in [1.29, 1.82) is 0 Å². The summed E-state index contributed by atoms with van der Waals surface area (Å²) in [5.41, 5.74) is 1.27. The molecule has 0 fully saturated rings. The molecule has 2 N–H and O–H groups in total. The molecule has 0 saturated heterocycles. The molecule has 1 amide bonds. The van der Waals surface area contributed by atoms with Gasteiger partial charge in [0.05, 0.1) is 6.61 Å². The molecule has 0 atom stereocenters. The summed E-state index contributed by atoms with van der Waals surface area (Å²) in [6.45, 7) is 1.17. The number of amides is 1. The average molecular weight is 309 g/mol. The molecule has 0 spiro atoms. The lowest BCUT2D eigenvalue weighted by Crippen LogP contribution is -2.24. The molecule has 0 heterocycles. The van der Waals surface area contributed by atoms with E-state index in [9.17, 15) is 18.0 Å². The van der Waals surface area contributed by atoms with Gasteiger partial charge >= 0.3 is 0 Å². The van der Waals surface area contributed by atoms with Crippen molar-refractivity contribution in [3.63, 3.8) is 0 Å². The molecule has 2 rings (SSSR count). The Morgan fingerprint density at radius 2 is 1.77 bits per heavy atom. The molecule has 116 valence electrons. The largest absolute Gasteiger partial charge is 0.392 e. The molecule has 0 aliphatic rings. The van der Waals surface area contributed by atoms with E-state index in [2.05, 4.69) is 5.32 Å². The van der Waals surface area contributed by atoms with E-state index in [0.717, 1.165) is 5.56 Å². The summed E-state index contributed by atoms with van der Waals surface area (Å²) < 4.78 is 39.7. The monoisotopic (exact) mass is 309 g/mol. The molecule has 3 nitrogen and oxygen atoms in total.